The Kier molecular flexibility index (Phi) is 5.44. The number of amides is 2. The van der Waals surface area contributed by atoms with Crippen LogP contribution in [0.1, 0.15) is 28.9 Å². The van der Waals surface area contributed by atoms with Crippen LogP contribution >= 0.6 is 0 Å². The summed E-state index contributed by atoms with van der Waals surface area (Å²) < 4.78 is 16.3. The van der Waals surface area contributed by atoms with Crippen molar-refractivity contribution in [3.63, 3.8) is 0 Å². The highest BCUT2D eigenvalue weighted by Crippen LogP contribution is 2.36. The van der Waals surface area contributed by atoms with Crippen LogP contribution in [0.4, 0.5) is 6.01 Å². The Morgan fingerprint density at radius 3 is 2.81 bits per heavy atom. The van der Waals surface area contributed by atoms with E-state index in [4.69, 9.17) is 19.6 Å². The van der Waals surface area contributed by atoms with Crippen LogP contribution in [0.2, 0.25) is 0 Å². The second-order valence-electron chi connectivity index (χ2n) is 6.28. The van der Waals surface area contributed by atoms with Gasteiger partial charge >= 0.3 is 6.01 Å². The molecule has 0 aliphatic heterocycles. The van der Waals surface area contributed by atoms with Crippen molar-refractivity contribution in [3.8, 4) is 11.5 Å². The van der Waals surface area contributed by atoms with Crippen LogP contribution in [0.3, 0.4) is 0 Å². The number of primary amides is 1. The number of carbonyl (C=O) groups is 2. The molecule has 2 amide bonds. The van der Waals surface area contributed by atoms with Gasteiger partial charge in [0, 0.05) is 5.92 Å². The minimum Gasteiger partial charge on any atom is -0.493 e. The zero-order valence-corrected chi connectivity index (χ0v) is 14.9. The average Bonchev–Trinajstić information content (AvgIpc) is 3.07. The molecule has 27 heavy (non-hydrogen) atoms. The first-order valence-corrected chi connectivity index (χ1v) is 8.50. The summed E-state index contributed by atoms with van der Waals surface area (Å²) in [5.74, 6) is 0.124. The lowest BCUT2D eigenvalue weighted by Crippen LogP contribution is -2.41. The van der Waals surface area contributed by atoms with Gasteiger partial charge in [0.25, 0.3) is 5.91 Å². The molecule has 1 fully saturated rings. The van der Waals surface area contributed by atoms with Crippen LogP contribution in [-0.4, -0.2) is 30.0 Å². The van der Waals surface area contributed by atoms with E-state index in [2.05, 4.69) is 16.9 Å². The van der Waals surface area contributed by atoms with E-state index in [0.29, 0.717) is 24.3 Å². The predicted molar refractivity (Wildman–Crippen MR) is 97.7 cm³/mol. The largest absolute Gasteiger partial charge is 0.493 e. The number of anilines is 1. The Labute approximate surface area is 156 Å². The highest BCUT2D eigenvalue weighted by atomic mass is 16.5. The van der Waals surface area contributed by atoms with E-state index in [1.54, 1.807) is 7.11 Å². The van der Waals surface area contributed by atoms with Gasteiger partial charge in [-0.2, -0.15) is 4.98 Å². The maximum atomic E-state index is 12.2. The van der Waals surface area contributed by atoms with Crippen molar-refractivity contribution in [2.24, 2.45) is 11.7 Å². The Morgan fingerprint density at radius 2 is 2.19 bits per heavy atom. The van der Waals surface area contributed by atoms with Crippen molar-refractivity contribution in [2.75, 3.05) is 12.4 Å². The summed E-state index contributed by atoms with van der Waals surface area (Å²) >= 11 is 0. The lowest BCUT2D eigenvalue weighted by Gasteiger charge is -2.34. The second kappa shape index (κ2) is 7.94. The van der Waals surface area contributed by atoms with Gasteiger partial charge < -0.3 is 19.6 Å². The number of oxazole rings is 1. The third-order valence-electron chi connectivity index (χ3n) is 4.35. The minimum atomic E-state index is -0.719. The summed E-state index contributed by atoms with van der Waals surface area (Å²) in [5, 5.41) is 2.54. The smallest absolute Gasteiger partial charge is 0.302 e. The number of methoxy groups -OCH3 is 1. The molecule has 0 unspecified atom stereocenters. The van der Waals surface area contributed by atoms with Crippen LogP contribution in [-0.2, 0) is 11.2 Å². The van der Waals surface area contributed by atoms with Gasteiger partial charge in [0.05, 0.1) is 7.11 Å². The summed E-state index contributed by atoms with van der Waals surface area (Å²) in [6.07, 6.45) is 4.70. The number of allylic oxidation sites excluding steroid dienone is 1. The van der Waals surface area contributed by atoms with Gasteiger partial charge in [0.15, 0.2) is 17.2 Å². The molecule has 0 saturated heterocycles. The van der Waals surface area contributed by atoms with Gasteiger partial charge in [0.1, 0.15) is 12.4 Å². The number of nitrogens with two attached hydrogens (primary N) is 1. The predicted octanol–water partition coefficient (Wildman–Crippen LogP) is 2.31. The first kappa shape index (κ1) is 18.5. The SMILES string of the molecule is C=CCc1ccc(OC)c(O[C@H]2C[C@H](C(=O)Nc3nc(C(N)=O)co3)C2)c1. The zero-order chi connectivity index (χ0) is 19.4. The van der Waals surface area contributed by atoms with Crippen LogP contribution in [0.15, 0.2) is 41.5 Å². The molecule has 3 N–H and O–H groups in total. The van der Waals surface area contributed by atoms with Crippen LogP contribution in [0, 0.1) is 5.92 Å². The molecule has 1 heterocycles. The van der Waals surface area contributed by atoms with Crippen molar-refractivity contribution in [1.29, 1.82) is 0 Å². The Balaban J connectivity index is 1.54. The zero-order valence-electron chi connectivity index (χ0n) is 14.9. The van der Waals surface area contributed by atoms with Crippen molar-refractivity contribution in [2.45, 2.75) is 25.4 Å². The van der Waals surface area contributed by atoms with E-state index >= 15 is 0 Å². The lowest BCUT2D eigenvalue weighted by molar-refractivity contribution is -0.125. The highest BCUT2D eigenvalue weighted by Gasteiger charge is 2.37. The summed E-state index contributed by atoms with van der Waals surface area (Å²) in [6.45, 7) is 3.74. The Bertz CT molecular complexity index is 855. The molecular weight excluding hydrogens is 350 g/mol. The highest BCUT2D eigenvalue weighted by molar-refractivity contribution is 5.93. The molecule has 8 nitrogen and oxygen atoms in total. The topological polar surface area (TPSA) is 117 Å². The van der Waals surface area contributed by atoms with Gasteiger partial charge in [-0.15, -0.1) is 6.58 Å². The fraction of sp³-hybridized carbons (Fsp3) is 0.316. The molecule has 1 aromatic heterocycles. The van der Waals surface area contributed by atoms with Crippen LogP contribution < -0.4 is 20.5 Å². The van der Waals surface area contributed by atoms with E-state index < -0.39 is 5.91 Å². The molecule has 1 saturated carbocycles. The molecule has 1 aliphatic carbocycles. The van der Waals surface area contributed by atoms with Gasteiger partial charge in [0.2, 0.25) is 5.91 Å². The molecule has 1 aromatic carbocycles. The normalized spacial score (nSPS) is 18.3. The van der Waals surface area contributed by atoms with E-state index in [9.17, 15) is 9.59 Å². The maximum Gasteiger partial charge on any atom is 0.302 e. The first-order chi connectivity index (χ1) is 13.0. The number of hydrogen-bond donors (Lipinski definition) is 2. The Hall–Kier alpha value is -3.29. The van der Waals surface area contributed by atoms with E-state index in [0.717, 1.165) is 18.2 Å². The summed E-state index contributed by atoms with van der Waals surface area (Å²) in [4.78, 5) is 27.0. The lowest BCUT2D eigenvalue weighted by atomic mass is 9.81. The number of nitrogens with zero attached hydrogens (tertiary/aromatic N) is 1. The van der Waals surface area contributed by atoms with Crippen LogP contribution in [0.25, 0.3) is 0 Å². The van der Waals surface area contributed by atoms with Gasteiger partial charge in [-0.1, -0.05) is 12.1 Å². The molecular formula is C19H21N3O5. The number of ether oxygens (including phenoxy) is 2. The summed E-state index contributed by atoms with van der Waals surface area (Å²) in [6, 6.07) is 5.69. The summed E-state index contributed by atoms with van der Waals surface area (Å²) in [7, 11) is 1.59. The van der Waals surface area contributed by atoms with Crippen molar-refractivity contribution >= 4 is 17.8 Å². The number of hydrogen-bond acceptors (Lipinski definition) is 6. The second-order valence-corrected chi connectivity index (χ2v) is 6.28. The number of rotatable bonds is 8. The van der Waals surface area contributed by atoms with Gasteiger partial charge in [-0.25, -0.2) is 0 Å². The third kappa shape index (κ3) is 4.28. The van der Waals surface area contributed by atoms with E-state index in [1.165, 1.54) is 0 Å². The molecule has 0 bridgehead atoms. The molecule has 8 heteroatoms. The number of nitrogens with one attached hydrogen (secondary N) is 1. The van der Waals surface area contributed by atoms with Gasteiger partial charge in [-0.05, 0) is 37.0 Å². The molecule has 2 aromatic rings. The number of carbonyl (C=O) groups excluding carboxylic acids is 2. The Morgan fingerprint density at radius 1 is 1.41 bits per heavy atom. The van der Waals surface area contributed by atoms with Crippen molar-refractivity contribution in [1.82, 2.24) is 4.98 Å². The monoisotopic (exact) mass is 371 g/mol. The number of aromatic nitrogens is 1. The quantitative estimate of drug-likeness (QED) is 0.688. The summed E-state index contributed by atoms with van der Waals surface area (Å²) in [5.41, 5.74) is 6.13. The number of benzene rings is 1. The fourth-order valence-electron chi connectivity index (χ4n) is 2.81. The van der Waals surface area contributed by atoms with E-state index in [1.807, 2.05) is 24.3 Å². The van der Waals surface area contributed by atoms with E-state index in [-0.39, 0.29) is 29.6 Å². The van der Waals surface area contributed by atoms with Gasteiger partial charge in [-0.3, -0.25) is 14.9 Å². The minimum absolute atomic E-state index is 0.0355. The standard InChI is InChI=1S/C19H21N3O5/c1-3-4-11-5-6-15(25-2)16(7-11)27-13-8-12(9-13)18(24)22-19-21-14(10-26-19)17(20)23/h3,5-7,10,12-13H,1,4,8-9H2,2H3,(H2,20,23)(H,21,22,24)/t12-,13-. The van der Waals surface area contributed by atoms with Crippen molar-refractivity contribution < 1.29 is 23.5 Å². The molecule has 1 aliphatic rings. The molecule has 3 rings (SSSR count). The van der Waals surface area contributed by atoms with Crippen molar-refractivity contribution in [3.05, 3.63) is 48.4 Å². The average molecular weight is 371 g/mol. The fourth-order valence-corrected chi connectivity index (χ4v) is 2.81. The molecule has 0 atom stereocenters. The maximum absolute atomic E-state index is 12.2. The molecule has 0 spiro atoms. The molecule has 0 radical (unpaired) electrons. The third-order valence-corrected chi connectivity index (χ3v) is 4.35. The van der Waals surface area contributed by atoms with Crippen LogP contribution in [0.5, 0.6) is 11.5 Å². The first-order valence-electron chi connectivity index (χ1n) is 8.50. The molecule has 142 valence electrons.